The van der Waals surface area contributed by atoms with Gasteiger partial charge in [0.15, 0.2) is 29.0 Å². The van der Waals surface area contributed by atoms with E-state index in [0.717, 1.165) is 12.1 Å². The highest BCUT2D eigenvalue weighted by molar-refractivity contribution is 5.97. The number of rotatable bonds is 4. The highest BCUT2D eigenvalue weighted by Gasteiger charge is 2.15. The lowest BCUT2D eigenvalue weighted by molar-refractivity contribution is 0.0991. The maximum absolute atomic E-state index is 13.5. The van der Waals surface area contributed by atoms with E-state index < -0.39 is 23.2 Å². The first-order chi connectivity index (χ1) is 9.52. The Morgan fingerprint density at radius 3 is 2.55 bits per heavy atom. The summed E-state index contributed by atoms with van der Waals surface area (Å²) < 4.78 is 44.5. The number of hydrogen-bond donors (Lipinski definition) is 0. The van der Waals surface area contributed by atoms with Gasteiger partial charge in [-0.05, 0) is 29.8 Å². The SMILES string of the molecule is COc1cc(C(=O)Cc2cccc(F)c2F)ccc1F. The molecular formula is C15H11F3O2. The summed E-state index contributed by atoms with van der Waals surface area (Å²) in [5.41, 5.74) is 0.130. The van der Waals surface area contributed by atoms with Gasteiger partial charge in [0.05, 0.1) is 7.11 Å². The van der Waals surface area contributed by atoms with Gasteiger partial charge in [-0.3, -0.25) is 4.79 Å². The van der Waals surface area contributed by atoms with Crippen LogP contribution in [0.1, 0.15) is 15.9 Å². The molecule has 2 aromatic carbocycles. The monoisotopic (exact) mass is 280 g/mol. The summed E-state index contributed by atoms with van der Waals surface area (Å²) >= 11 is 0. The largest absolute Gasteiger partial charge is 0.494 e. The molecule has 0 heterocycles. The molecule has 0 spiro atoms. The van der Waals surface area contributed by atoms with E-state index in [9.17, 15) is 18.0 Å². The van der Waals surface area contributed by atoms with E-state index in [1.54, 1.807) is 0 Å². The third-order valence-corrected chi connectivity index (χ3v) is 2.86. The molecule has 0 aliphatic rings. The summed E-state index contributed by atoms with van der Waals surface area (Å²) in [6.07, 6.45) is -0.307. The predicted octanol–water partition coefficient (Wildman–Crippen LogP) is 3.54. The summed E-state index contributed by atoms with van der Waals surface area (Å²) in [4.78, 5) is 12.0. The zero-order chi connectivity index (χ0) is 14.7. The molecule has 0 fully saturated rings. The van der Waals surface area contributed by atoms with Crippen molar-refractivity contribution in [3.63, 3.8) is 0 Å². The van der Waals surface area contributed by atoms with Gasteiger partial charge in [0.1, 0.15) is 0 Å². The van der Waals surface area contributed by atoms with Gasteiger partial charge in [0.2, 0.25) is 0 Å². The lowest BCUT2D eigenvalue weighted by Crippen LogP contribution is -2.07. The topological polar surface area (TPSA) is 26.3 Å². The van der Waals surface area contributed by atoms with Crippen LogP contribution in [-0.4, -0.2) is 12.9 Å². The number of ether oxygens (including phenoxy) is 1. The van der Waals surface area contributed by atoms with Gasteiger partial charge in [-0.1, -0.05) is 12.1 Å². The van der Waals surface area contributed by atoms with Crippen molar-refractivity contribution in [3.8, 4) is 5.75 Å². The smallest absolute Gasteiger partial charge is 0.167 e. The molecule has 104 valence electrons. The van der Waals surface area contributed by atoms with Crippen LogP contribution in [0.4, 0.5) is 13.2 Å². The Morgan fingerprint density at radius 2 is 1.85 bits per heavy atom. The summed E-state index contributed by atoms with van der Waals surface area (Å²) in [6, 6.07) is 7.23. The standard InChI is InChI=1S/C15H11F3O2/c1-20-14-8-9(5-6-11(14)16)13(19)7-10-3-2-4-12(17)15(10)18/h2-6,8H,7H2,1H3. The van der Waals surface area contributed by atoms with E-state index in [2.05, 4.69) is 0 Å². The summed E-state index contributed by atoms with van der Waals surface area (Å²) in [5.74, 6) is -3.17. The highest BCUT2D eigenvalue weighted by atomic mass is 19.2. The first kappa shape index (κ1) is 14.1. The average molecular weight is 280 g/mol. The average Bonchev–Trinajstić information content (AvgIpc) is 2.44. The number of benzene rings is 2. The Kier molecular flexibility index (Phi) is 4.08. The molecule has 5 heteroatoms. The molecule has 2 rings (SSSR count). The highest BCUT2D eigenvalue weighted by Crippen LogP contribution is 2.20. The molecule has 0 aliphatic carbocycles. The van der Waals surface area contributed by atoms with Gasteiger partial charge in [-0.15, -0.1) is 0 Å². The van der Waals surface area contributed by atoms with Crippen molar-refractivity contribution < 1.29 is 22.7 Å². The van der Waals surface area contributed by atoms with Crippen LogP contribution in [0.2, 0.25) is 0 Å². The van der Waals surface area contributed by atoms with Gasteiger partial charge in [-0.25, -0.2) is 13.2 Å². The van der Waals surface area contributed by atoms with Crippen LogP contribution in [-0.2, 0) is 6.42 Å². The number of hydrogen-bond acceptors (Lipinski definition) is 2. The van der Waals surface area contributed by atoms with E-state index in [-0.39, 0.29) is 23.3 Å². The van der Waals surface area contributed by atoms with Gasteiger partial charge in [0.25, 0.3) is 0 Å². The van der Waals surface area contributed by atoms with Crippen LogP contribution in [0.25, 0.3) is 0 Å². The predicted molar refractivity (Wildman–Crippen MR) is 67.3 cm³/mol. The van der Waals surface area contributed by atoms with Crippen LogP contribution < -0.4 is 4.74 Å². The fraction of sp³-hybridized carbons (Fsp3) is 0.133. The molecule has 2 nitrogen and oxygen atoms in total. The summed E-state index contributed by atoms with van der Waals surface area (Å²) in [5, 5.41) is 0. The minimum Gasteiger partial charge on any atom is -0.494 e. The van der Waals surface area contributed by atoms with Gasteiger partial charge < -0.3 is 4.74 Å². The summed E-state index contributed by atoms with van der Waals surface area (Å²) in [6.45, 7) is 0. The third-order valence-electron chi connectivity index (χ3n) is 2.86. The molecule has 20 heavy (non-hydrogen) atoms. The first-order valence-electron chi connectivity index (χ1n) is 5.82. The number of Topliss-reactive ketones (excluding diaryl/α,β-unsaturated/α-hetero) is 1. The molecule has 0 N–H and O–H groups in total. The molecule has 0 radical (unpaired) electrons. The Hall–Kier alpha value is -2.30. The van der Waals surface area contributed by atoms with Gasteiger partial charge in [0, 0.05) is 12.0 Å². The Labute approximate surface area is 113 Å². The maximum Gasteiger partial charge on any atom is 0.167 e. The minimum absolute atomic E-state index is 0.0432. The molecule has 0 amide bonds. The second-order valence-electron chi connectivity index (χ2n) is 4.16. The van der Waals surface area contributed by atoms with Crippen molar-refractivity contribution in [1.29, 1.82) is 0 Å². The minimum atomic E-state index is -1.05. The van der Waals surface area contributed by atoms with Crippen molar-refractivity contribution in [2.24, 2.45) is 0 Å². The van der Waals surface area contributed by atoms with E-state index in [1.807, 2.05) is 0 Å². The van der Waals surface area contributed by atoms with Crippen LogP contribution in [0, 0.1) is 17.5 Å². The Morgan fingerprint density at radius 1 is 1.10 bits per heavy atom. The number of carbonyl (C=O) groups excluding carboxylic acids is 1. The quantitative estimate of drug-likeness (QED) is 0.801. The number of halogens is 3. The Balaban J connectivity index is 2.26. The Bertz CT molecular complexity index is 654. The molecule has 2 aromatic rings. The van der Waals surface area contributed by atoms with Gasteiger partial charge >= 0.3 is 0 Å². The zero-order valence-corrected chi connectivity index (χ0v) is 10.6. The van der Waals surface area contributed by atoms with Crippen LogP contribution in [0.5, 0.6) is 5.75 Å². The third kappa shape index (κ3) is 2.82. The second-order valence-corrected chi connectivity index (χ2v) is 4.16. The summed E-state index contributed by atoms with van der Waals surface area (Å²) in [7, 11) is 1.28. The molecule has 0 aromatic heterocycles. The lowest BCUT2D eigenvalue weighted by Gasteiger charge is -2.06. The van der Waals surface area contributed by atoms with Crippen LogP contribution in [0.15, 0.2) is 36.4 Å². The molecule has 0 saturated heterocycles. The molecule has 0 aliphatic heterocycles. The zero-order valence-electron chi connectivity index (χ0n) is 10.6. The van der Waals surface area contributed by atoms with E-state index >= 15 is 0 Å². The van der Waals surface area contributed by atoms with Crippen LogP contribution >= 0.6 is 0 Å². The second kappa shape index (κ2) is 5.77. The van der Waals surface area contributed by atoms with Crippen molar-refractivity contribution in [1.82, 2.24) is 0 Å². The van der Waals surface area contributed by atoms with Crippen molar-refractivity contribution in [2.45, 2.75) is 6.42 Å². The number of ketones is 1. The number of methoxy groups -OCH3 is 1. The van der Waals surface area contributed by atoms with E-state index in [1.165, 1.54) is 31.4 Å². The maximum atomic E-state index is 13.5. The van der Waals surface area contributed by atoms with Crippen molar-refractivity contribution in [2.75, 3.05) is 7.11 Å². The fourth-order valence-corrected chi connectivity index (χ4v) is 1.79. The fourth-order valence-electron chi connectivity index (χ4n) is 1.79. The van der Waals surface area contributed by atoms with Crippen molar-refractivity contribution in [3.05, 3.63) is 65.0 Å². The van der Waals surface area contributed by atoms with E-state index in [4.69, 9.17) is 4.74 Å². The van der Waals surface area contributed by atoms with Gasteiger partial charge in [-0.2, -0.15) is 0 Å². The van der Waals surface area contributed by atoms with Crippen molar-refractivity contribution >= 4 is 5.78 Å². The lowest BCUT2D eigenvalue weighted by atomic mass is 10.0. The molecule has 0 bridgehead atoms. The molecule has 0 saturated carbocycles. The van der Waals surface area contributed by atoms with Crippen LogP contribution in [0.3, 0.4) is 0 Å². The first-order valence-corrected chi connectivity index (χ1v) is 5.82. The molecule has 0 unspecified atom stereocenters. The molecule has 0 atom stereocenters. The van der Waals surface area contributed by atoms with E-state index in [0.29, 0.717) is 0 Å². The normalized spacial score (nSPS) is 10.4. The molecular weight excluding hydrogens is 269 g/mol. The number of carbonyl (C=O) groups is 1.